The lowest BCUT2D eigenvalue weighted by atomic mass is 9.82. The predicted molar refractivity (Wildman–Crippen MR) is 78.2 cm³/mol. The molecule has 7 heteroatoms. The van der Waals surface area contributed by atoms with Crippen molar-refractivity contribution in [3.63, 3.8) is 0 Å². The molecule has 0 atom stereocenters. The Morgan fingerprint density at radius 2 is 2.00 bits per heavy atom. The van der Waals surface area contributed by atoms with Crippen LogP contribution < -0.4 is 4.74 Å². The van der Waals surface area contributed by atoms with E-state index in [4.69, 9.17) is 4.74 Å². The van der Waals surface area contributed by atoms with Crippen molar-refractivity contribution in [3.05, 3.63) is 29.8 Å². The Kier molecular flexibility index (Phi) is 5.19. The second kappa shape index (κ2) is 6.78. The van der Waals surface area contributed by atoms with Gasteiger partial charge in [0.2, 0.25) is 0 Å². The maximum atomic E-state index is 12.4. The molecule has 128 valence electrons. The molecule has 0 aliphatic carbocycles. The average molecular weight is 331 g/mol. The van der Waals surface area contributed by atoms with Gasteiger partial charge in [0, 0.05) is 32.4 Å². The van der Waals surface area contributed by atoms with Crippen LogP contribution in [0.25, 0.3) is 0 Å². The largest absolute Gasteiger partial charge is 0.573 e. The summed E-state index contributed by atoms with van der Waals surface area (Å²) in [7, 11) is 1.65. The van der Waals surface area contributed by atoms with Crippen LogP contribution in [0.15, 0.2) is 24.3 Å². The van der Waals surface area contributed by atoms with Crippen molar-refractivity contribution < 1.29 is 27.4 Å². The molecule has 0 spiro atoms. The van der Waals surface area contributed by atoms with Gasteiger partial charge in [0.1, 0.15) is 5.75 Å². The molecule has 0 aromatic heterocycles. The highest BCUT2D eigenvalue weighted by atomic mass is 19.4. The summed E-state index contributed by atoms with van der Waals surface area (Å²) in [6.07, 6.45) is -3.08. The lowest BCUT2D eigenvalue weighted by Crippen LogP contribution is -2.40. The van der Waals surface area contributed by atoms with Crippen LogP contribution in [-0.2, 0) is 4.74 Å². The van der Waals surface area contributed by atoms with Crippen molar-refractivity contribution in [2.45, 2.75) is 26.1 Å². The van der Waals surface area contributed by atoms with E-state index in [1.165, 1.54) is 23.1 Å². The van der Waals surface area contributed by atoms with Crippen LogP contribution in [0, 0.1) is 5.41 Å². The molecular weight excluding hydrogens is 311 g/mol. The number of carbonyl (C=O) groups is 1. The Morgan fingerprint density at radius 3 is 2.61 bits per heavy atom. The van der Waals surface area contributed by atoms with Gasteiger partial charge in [-0.1, -0.05) is 13.0 Å². The average Bonchev–Trinajstić information content (AvgIpc) is 2.45. The van der Waals surface area contributed by atoms with Crippen molar-refractivity contribution in [1.29, 1.82) is 0 Å². The van der Waals surface area contributed by atoms with Gasteiger partial charge in [-0.25, -0.2) is 0 Å². The zero-order valence-electron chi connectivity index (χ0n) is 13.2. The molecule has 1 amide bonds. The van der Waals surface area contributed by atoms with Gasteiger partial charge in [0.25, 0.3) is 5.91 Å². The topological polar surface area (TPSA) is 38.8 Å². The number of rotatable bonds is 4. The standard InChI is InChI=1S/C16H20F3NO3/c1-15(6-8-22-9-7-15)11-20(2)14(21)12-4-3-5-13(10-12)23-16(17,18)19/h3-5,10H,6-9,11H2,1-2H3. The summed E-state index contributed by atoms with van der Waals surface area (Å²) < 4.78 is 46.0. The van der Waals surface area contributed by atoms with Gasteiger partial charge in [0.05, 0.1) is 0 Å². The molecule has 4 nitrogen and oxygen atoms in total. The predicted octanol–water partition coefficient (Wildman–Crippen LogP) is 3.47. The van der Waals surface area contributed by atoms with Crippen LogP contribution in [0.1, 0.15) is 30.1 Å². The highest BCUT2D eigenvalue weighted by molar-refractivity contribution is 5.94. The molecule has 0 bridgehead atoms. The van der Waals surface area contributed by atoms with Gasteiger partial charge in [-0.3, -0.25) is 4.79 Å². The molecule has 1 aromatic carbocycles. The number of nitrogens with zero attached hydrogens (tertiary/aromatic N) is 1. The molecule has 0 unspecified atom stereocenters. The van der Waals surface area contributed by atoms with Gasteiger partial charge in [0.15, 0.2) is 0 Å². The van der Waals surface area contributed by atoms with Crippen LogP contribution in [0.5, 0.6) is 5.75 Å². The number of carbonyl (C=O) groups excluding carboxylic acids is 1. The van der Waals surface area contributed by atoms with E-state index in [1.54, 1.807) is 7.05 Å². The highest BCUT2D eigenvalue weighted by Crippen LogP contribution is 2.31. The molecule has 23 heavy (non-hydrogen) atoms. The van der Waals surface area contributed by atoms with Gasteiger partial charge in [-0.05, 0) is 36.5 Å². The molecule has 1 aliphatic rings. The lowest BCUT2D eigenvalue weighted by molar-refractivity contribution is -0.274. The van der Waals surface area contributed by atoms with Crippen molar-refractivity contribution in [2.75, 3.05) is 26.8 Å². The molecule has 1 fully saturated rings. The lowest BCUT2D eigenvalue weighted by Gasteiger charge is -2.36. The first-order valence-corrected chi connectivity index (χ1v) is 7.38. The van der Waals surface area contributed by atoms with Crippen molar-refractivity contribution >= 4 is 5.91 Å². The van der Waals surface area contributed by atoms with E-state index in [0.29, 0.717) is 19.8 Å². The van der Waals surface area contributed by atoms with Gasteiger partial charge in [-0.2, -0.15) is 0 Å². The summed E-state index contributed by atoms with van der Waals surface area (Å²) in [5, 5.41) is 0. The van der Waals surface area contributed by atoms with Gasteiger partial charge in [-0.15, -0.1) is 13.2 Å². The number of halogens is 3. The Bertz CT molecular complexity index is 554. The Hall–Kier alpha value is -1.76. The summed E-state index contributed by atoms with van der Waals surface area (Å²) in [5.41, 5.74) is 0.132. The normalized spacial score (nSPS) is 17.6. The maximum Gasteiger partial charge on any atom is 0.573 e. The molecule has 1 saturated heterocycles. The summed E-state index contributed by atoms with van der Waals surface area (Å²) in [5.74, 6) is -0.723. The minimum Gasteiger partial charge on any atom is -0.406 e. The number of alkyl halides is 3. The number of hydrogen-bond donors (Lipinski definition) is 0. The first-order chi connectivity index (χ1) is 10.7. The molecule has 1 aromatic rings. The fraction of sp³-hybridized carbons (Fsp3) is 0.562. The summed E-state index contributed by atoms with van der Waals surface area (Å²) in [6, 6.07) is 5.13. The van der Waals surface area contributed by atoms with E-state index in [1.807, 2.05) is 0 Å². The first kappa shape index (κ1) is 17.6. The smallest absolute Gasteiger partial charge is 0.406 e. The molecular formula is C16H20F3NO3. The van der Waals surface area contributed by atoms with Gasteiger partial charge >= 0.3 is 6.36 Å². The third-order valence-electron chi connectivity index (χ3n) is 3.98. The molecule has 2 rings (SSSR count). The molecule has 0 radical (unpaired) electrons. The highest BCUT2D eigenvalue weighted by Gasteiger charge is 2.32. The van der Waals surface area contributed by atoms with Gasteiger partial charge < -0.3 is 14.4 Å². The maximum absolute atomic E-state index is 12.4. The molecule has 1 heterocycles. The minimum absolute atomic E-state index is 0.0389. The molecule has 1 aliphatic heterocycles. The first-order valence-electron chi connectivity index (χ1n) is 7.38. The zero-order chi connectivity index (χ0) is 17.1. The third-order valence-corrected chi connectivity index (χ3v) is 3.98. The van der Waals surface area contributed by atoms with E-state index in [9.17, 15) is 18.0 Å². The van der Waals surface area contributed by atoms with E-state index >= 15 is 0 Å². The summed E-state index contributed by atoms with van der Waals surface area (Å²) in [6.45, 7) is 3.93. The van der Waals surface area contributed by atoms with Crippen molar-refractivity contribution in [2.24, 2.45) is 5.41 Å². The van der Waals surface area contributed by atoms with Crippen LogP contribution in [0.4, 0.5) is 13.2 Å². The second-order valence-electron chi connectivity index (χ2n) is 6.16. The molecule has 0 saturated carbocycles. The fourth-order valence-corrected chi connectivity index (χ4v) is 2.71. The number of ether oxygens (including phenoxy) is 2. The van der Waals surface area contributed by atoms with E-state index in [-0.39, 0.29) is 16.9 Å². The monoisotopic (exact) mass is 331 g/mol. The Balaban J connectivity index is 2.05. The van der Waals surface area contributed by atoms with E-state index < -0.39 is 12.1 Å². The number of amides is 1. The Morgan fingerprint density at radius 1 is 1.35 bits per heavy atom. The Labute approximate surface area is 133 Å². The number of benzene rings is 1. The van der Waals surface area contributed by atoms with Crippen molar-refractivity contribution in [1.82, 2.24) is 4.90 Å². The SMILES string of the molecule is CN(CC1(C)CCOCC1)C(=O)c1cccc(OC(F)(F)F)c1. The van der Waals surface area contributed by atoms with Crippen LogP contribution in [-0.4, -0.2) is 44.0 Å². The van der Waals surface area contributed by atoms with Crippen LogP contribution in [0.3, 0.4) is 0 Å². The number of hydrogen-bond acceptors (Lipinski definition) is 3. The fourth-order valence-electron chi connectivity index (χ4n) is 2.71. The molecule has 0 N–H and O–H groups in total. The minimum atomic E-state index is -4.77. The summed E-state index contributed by atoms with van der Waals surface area (Å²) >= 11 is 0. The van der Waals surface area contributed by atoms with Crippen LogP contribution in [0.2, 0.25) is 0 Å². The van der Waals surface area contributed by atoms with E-state index in [0.717, 1.165) is 18.9 Å². The third kappa shape index (κ3) is 5.13. The quantitative estimate of drug-likeness (QED) is 0.848. The summed E-state index contributed by atoms with van der Waals surface area (Å²) in [4.78, 5) is 14.0. The van der Waals surface area contributed by atoms with Crippen molar-refractivity contribution in [3.8, 4) is 5.75 Å². The second-order valence-corrected chi connectivity index (χ2v) is 6.16. The zero-order valence-corrected chi connectivity index (χ0v) is 13.2. The van der Waals surface area contributed by atoms with E-state index in [2.05, 4.69) is 11.7 Å². The van der Waals surface area contributed by atoms with Crippen LogP contribution >= 0.6 is 0 Å².